The normalized spacial score (nSPS) is 17.9. The number of aliphatic hydroxyl groups is 1. The molecule has 0 aromatic heterocycles. The van der Waals surface area contributed by atoms with Crippen LogP contribution in [0.2, 0.25) is 0 Å². The fourth-order valence-electron chi connectivity index (χ4n) is 5.56. The number of nitrogens with one attached hydrogen (secondary N) is 1. The second-order valence-electron chi connectivity index (χ2n) is 10.1. The molecule has 0 aliphatic carbocycles. The van der Waals surface area contributed by atoms with Crippen molar-refractivity contribution in [3.8, 4) is 11.5 Å². The van der Waals surface area contributed by atoms with Crippen molar-refractivity contribution in [2.24, 2.45) is 11.8 Å². The largest absolute Gasteiger partial charge is 0.493 e. The number of fused-ring (bicyclic) bond motifs is 1. The molecule has 1 heterocycles. The second kappa shape index (κ2) is 12.8. The van der Waals surface area contributed by atoms with Crippen LogP contribution in [0.15, 0.2) is 36.4 Å². The molecule has 0 fully saturated rings. The molecule has 204 valence electrons. The van der Waals surface area contributed by atoms with Gasteiger partial charge in [0.2, 0.25) is 5.91 Å². The van der Waals surface area contributed by atoms with Crippen LogP contribution in [0.3, 0.4) is 0 Å². The van der Waals surface area contributed by atoms with Crippen LogP contribution >= 0.6 is 0 Å². The summed E-state index contributed by atoms with van der Waals surface area (Å²) in [4.78, 5) is 13.5. The molecule has 2 aromatic rings. The van der Waals surface area contributed by atoms with E-state index in [4.69, 9.17) is 9.47 Å². The number of hydrogen-bond acceptors (Lipinski definition) is 6. The first kappa shape index (κ1) is 29.0. The van der Waals surface area contributed by atoms with E-state index < -0.39 is 21.7 Å². The highest BCUT2D eigenvalue weighted by Crippen LogP contribution is 2.42. The predicted molar refractivity (Wildman–Crippen MR) is 147 cm³/mol. The van der Waals surface area contributed by atoms with Gasteiger partial charge in [0.25, 0.3) is 0 Å². The highest BCUT2D eigenvalue weighted by molar-refractivity contribution is 7.90. The monoisotopic (exact) mass is 531 g/mol. The zero-order chi connectivity index (χ0) is 27.2. The van der Waals surface area contributed by atoms with Gasteiger partial charge in [-0.1, -0.05) is 44.5 Å². The van der Waals surface area contributed by atoms with E-state index in [1.165, 1.54) is 6.26 Å². The maximum absolute atomic E-state index is 13.5. The van der Waals surface area contributed by atoms with Gasteiger partial charge < -0.3 is 19.9 Å². The minimum Gasteiger partial charge on any atom is -0.493 e. The Bertz CT molecular complexity index is 1170. The van der Waals surface area contributed by atoms with Crippen LogP contribution in [0.1, 0.15) is 68.6 Å². The van der Waals surface area contributed by atoms with Crippen LogP contribution in [-0.4, -0.2) is 51.8 Å². The summed E-state index contributed by atoms with van der Waals surface area (Å²) in [6.07, 6.45) is 4.33. The lowest BCUT2D eigenvalue weighted by Crippen LogP contribution is -2.38. The predicted octanol–water partition coefficient (Wildman–Crippen LogP) is 4.94. The number of hydrogen-bond donors (Lipinski definition) is 2. The van der Waals surface area contributed by atoms with E-state index in [1.54, 1.807) is 13.2 Å². The van der Waals surface area contributed by atoms with Gasteiger partial charge in [0, 0.05) is 30.4 Å². The van der Waals surface area contributed by atoms with Gasteiger partial charge in [-0.25, -0.2) is 8.42 Å². The standard InChI is InChI=1S/C29H41NO6S/c1-6-9-20(14-15-31)23-11-8-10-22-16-24(29(32)30-28(22)23)19(3)25(18-37(5,33)34)21-12-13-26(35-4)27(17-21)36-7-2/h8,10-13,17,19-20,24-25,31H,6-7,9,14-16,18H2,1-5H3,(H,30,32)/t19?,20?,24?,25-/m0/s1. The average molecular weight is 532 g/mol. The Morgan fingerprint density at radius 1 is 1.14 bits per heavy atom. The van der Waals surface area contributed by atoms with Crippen molar-refractivity contribution in [3.05, 3.63) is 53.1 Å². The lowest BCUT2D eigenvalue weighted by atomic mass is 9.74. The molecule has 2 aromatic carbocycles. The lowest BCUT2D eigenvalue weighted by molar-refractivity contribution is -0.121. The average Bonchev–Trinajstić information content (AvgIpc) is 2.86. The van der Waals surface area contributed by atoms with Gasteiger partial charge in [-0.05, 0) is 66.8 Å². The summed E-state index contributed by atoms with van der Waals surface area (Å²) in [6.45, 7) is 6.51. The molecule has 2 N–H and O–H groups in total. The maximum Gasteiger partial charge on any atom is 0.228 e. The zero-order valence-corrected chi connectivity index (χ0v) is 23.4. The Kier molecular flexibility index (Phi) is 10.0. The first-order chi connectivity index (χ1) is 17.6. The van der Waals surface area contributed by atoms with Gasteiger partial charge in [0.05, 0.1) is 19.5 Å². The Morgan fingerprint density at radius 2 is 1.89 bits per heavy atom. The Labute approximate surface area is 221 Å². The molecule has 4 atom stereocenters. The number of ether oxygens (including phenoxy) is 2. The van der Waals surface area contributed by atoms with Crippen molar-refractivity contribution in [1.29, 1.82) is 0 Å². The van der Waals surface area contributed by atoms with Crippen LogP contribution in [0.4, 0.5) is 5.69 Å². The van der Waals surface area contributed by atoms with E-state index in [1.807, 2.05) is 44.2 Å². The molecular weight excluding hydrogens is 490 g/mol. The number of benzene rings is 2. The Hall–Kier alpha value is -2.58. The van der Waals surface area contributed by atoms with Crippen LogP contribution < -0.4 is 14.8 Å². The number of carbonyl (C=O) groups excluding carboxylic acids is 1. The second-order valence-corrected chi connectivity index (χ2v) is 12.3. The molecule has 0 radical (unpaired) electrons. The highest BCUT2D eigenvalue weighted by atomic mass is 32.2. The third kappa shape index (κ3) is 7.05. The van der Waals surface area contributed by atoms with Gasteiger partial charge in [-0.3, -0.25) is 4.79 Å². The topological polar surface area (TPSA) is 102 Å². The summed E-state index contributed by atoms with van der Waals surface area (Å²) in [7, 11) is -1.76. The summed E-state index contributed by atoms with van der Waals surface area (Å²) in [5, 5.41) is 12.8. The molecule has 0 saturated heterocycles. The third-order valence-electron chi connectivity index (χ3n) is 7.43. The molecule has 7 nitrogen and oxygen atoms in total. The van der Waals surface area contributed by atoms with Gasteiger partial charge >= 0.3 is 0 Å². The molecule has 1 aliphatic rings. The van der Waals surface area contributed by atoms with E-state index in [0.29, 0.717) is 30.9 Å². The molecule has 8 heteroatoms. The molecule has 0 spiro atoms. The molecular formula is C29H41NO6S. The summed E-state index contributed by atoms with van der Waals surface area (Å²) in [6, 6.07) is 11.6. The smallest absolute Gasteiger partial charge is 0.228 e. The van der Waals surface area contributed by atoms with E-state index in [2.05, 4.69) is 12.2 Å². The molecule has 3 unspecified atom stereocenters. The van der Waals surface area contributed by atoms with Crippen LogP contribution in [0.5, 0.6) is 11.5 Å². The molecule has 1 aliphatic heterocycles. The minimum atomic E-state index is -3.33. The molecule has 0 bridgehead atoms. The Morgan fingerprint density at radius 3 is 2.51 bits per heavy atom. The fraction of sp³-hybridized carbons (Fsp3) is 0.552. The van der Waals surface area contributed by atoms with Crippen molar-refractivity contribution < 1.29 is 27.8 Å². The van der Waals surface area contributed by atoms with Gasteiger partial charge in [0.1, 0.15) is 9.84 Å². The third-order valence-corrected chi connectivity index (χ3v) is 8.39. The highest BCUT2D eigenvalue weighted by Gasteiger charge is 2.38. The van der Waals surface area contributed by atoms with Crippen LogP contribution in [0, 0.1) is 11.8 Å². The van der Waals surface area contributed by atoms with Crippen molar-refractivity contribution >= 4 is 21.4 Å². The summed E-state index contributed by atoms with van der Waals surface area (Å²) < 4.78 is 36.1. The van der Waals surface area contributed by atoms with Crippen LogP contribution in [0.25, 0.3) is 0 Å². The number of sulfone groups is 1. The zero-order valence-electron chi connectivity index (χ0n) is 22.6. The van der Waals surface area contributed by atoms with Crippen molar-refractivity contribution in [1.82, 2.24) is 0 Å². The number of methoxy groups -OCH3 is 1. The summed E-state index contributed by atoms with van der Waals surface area (Å²) in [5.74, 6) is 0.102. The first-order valence-corrected chi connectivity index (χ1v) is 15.2. The Balaban J connectivity index is 1.98. The summed E-state index contributed by atoms with van der Waals surface area (Å²) in [5.41, 5.74) is 3.78. The SMILES string of the molecule is CCCC(CCO)c1cccc2c1NC(=O)C(C(C)[C@H](CS(C)(=O)=O)c1ccc(OC)c(OCC)c1)C2. The van der Waals surface area contributed by atoms with E-state index in [0.717, 1.165) is 35.2 Å². The number of amides is 1. The van der Waals surface area contributed by atoms with Crippen molar-refractivity contribution in [2.45, 2.75) is 58.3 Å². The molecule has 3 rings (SSSR count). The maximum atomic E-state index is 13.5. The fourth-order valence-corrected chi connectivity index (χ4v) is 6.71. The van der Waals surface area contributed by atoms with E-state index >= 15 is 0 Å². The first-order valence-electron chi connectivity index (χ1n) is 13.1. The number of rotatable bonds is 13. The van der Waals surface area contributed by atoms with Gasteiger partial charge in [-0.2, -0.15) is 0 Å². The lowest BCUT2D eigenvalue weighted by Gasteiger charge is -2.35. The number of para-hydroxylation sites is 1. The minimum absolute atomic E-state index is 0.0716. The van der Waals surface area contributed by atoms with E-state index in [-0.39, 0.29) is 30.1 Å². The van der Waals surface area contributed by atoms with Crippen molar-refractivity contribution in [3.63, 3.8) is 0 Å². The number of anilines is 1. The van der Waals surface area contributed by atoms with Crippen LogP contribution in [-0.2, 0) is 21.1 Å². The van der Waals surface area contributed by atoms with Crippen molar-refractivity contribution in [2.75, 3.05) is 37.6 Å². The molecule has 0 saturated carbocycles. The van der Waals surface area contributed by atoms with Gasteiger partial charge in [0.15, 0.2) is 11.5 Å². The molecule has 1 amide bonds. The van der Waals surface area contributed by atoms with E-state index in [9.17, 15) is 18.3 Å². The number of carbonyl (C=O) groups is 1. The number of aliphatic hydroxyl groups excluding tert-OH is 1. The summed E-state index contributed by atoms with van der Waals surface area (Å²) >= 11 is 0. The quantitative estimate of drug-likeness (QED) is 0.380. The van der Waals surface area contributed by atoms with Gasteiger partial charge in [-0.15, -0.1) is 0 Å². The molecule has 37 heavy (non-hydrogen) atoms.